The molecule has 0 aromatic heterocycles. The second kappa shape index (κ2) is 8.62. The maximum absolute atomic E-state index is 3.60. The molecule has 1 nitrogen and oxygen atoms in total. The number of halogens is 1. The van der Waals surface area contributed by atoms with Crippen LogP contribution < -0.4 is 5.32 Å². The Kier molecular flexibility index (Phi) is 6.81. The van der Waals surface area contributed by atoms with Crippen molar-refractivity contribution in [3.05, 3.63) is 64.1 Å². The maximum atomic E-state index is 3.60. The molecule has 0 fully saturated rings. The van der Waals surface area contributed by atoms with Crippen LogP contribution in [-0.2, 0) is 12.3 Å². The lowest BCUT2D eigenvalue weighted by Gasteiger charge is -2.08. The highest BCUT2D eigenvalue weighted by Gasteiger charge is 2.01. The zero-order valence-electron chi connectivity index (χ0n) is 12.6. The van der Waals surface area contributed by atoms with Crippen LogP contribution in [0.5, 0.6) is 0 Å². The third-order valence-corrected chi connectivity index (χ3v) is 4.99. The van der Waals surface area contributed by atoms with Crippen molar-refractivity contribution in [2.24, 2.45) is 5.92 Å². The average Bonchev–Trinajstić information content (AvgIpc) is 2.47. The Morgan fingerprint density at radius 1 is 1.05 bits per heavy atom. The number of benzene rings is 2. The normalized spacial score (nSPS) is 11.0. The van der Waals surface area contributed by atoms with E-state index < -0.39 is 0 Å². The molecule has 1 N–H and O–H groups in total. The Hall–Kier alpha value is -0.770. The van der Waals surface area contributed by atoms with E-state index in [0.29, 0.717) is 5.92 Å². The van der Waals surface area contributed by atoms with E-state index in [2.05, 4.69) is 83.6 Å². The fourth-order valence-electron chi connectivity index (χ4n) is 1.99. The summed E-state index contributed by atoms with van der Waals surface area (Å²) in [6, 6.07) is 17.3. The summed E-state index contributed by atoms with van der Waals surface area (Å²) in [6.07, 6.45) is 0. The topological polar surface area (TPSA) is 12.0 Å². The van der Waals surface area contributed by atoms with Crippen LogP contribution in [0.15, 0.2) is 57.9 Å². The molecule has 0 radical (unpaired) electrons. The van der Waals surface area contributed by atoms with Crippen molar-refractivity contribution >= 4 is 27.7 Å². The summed E-state index contributed by atoms with van der Waals surface area (Å²) in [4.78, 5) is 1.32. The molecule has 0 heterocycles. The number of hydrogen-bond donors (Lipinski definition) is 1. The van der Waals surface area contributed by atoms with E-state index in [0.717, 1.165) is 18.8 Å². The molecule has 0 amide bonds. The summed E-state index contributed by atoms with van der Waals surface area (Å²) in [6.45, 7) is 6.48. The molecule has 2 aromatic rings. The quantitative estimate of drug-likeness (QED) is 0.652. The lowest BCUT2D eigenvalue weighted by Crippen LogP contribution is -2.18. The minimum atomic E-state index is 0.698. The van der Waals surface area contributed by atoms with Gasteiger partial charge in [-0.25, -0.2) is 0 Å². The van der Waals surface area contributed by atoms with Crippen molar-refractivity contribution in [1.82, 2.24) is 5.32 Å². The largest absolute Gasteiger partial charge is 0.312 e. The summed E-state index contributed by atoms with van der Waals surface area (Å²) in [5.41, 5.74) is 2.69. The molecule has 2 aromatic carbocycles. The van der Waals surface area contributed by atoms with Crippen molar-refractivity contribution in [2.45, 2.75) is 31.0 Å². The minimum absolute atomic E-state index is 0.698. The maximum Gasteiger partial charge on any atom is 0.0243 e. The van der Waals surface area contributed by atoms with Crippen LogP contribution >= 0.6 is 27.7 Å². The van der Waals surface area contributed by atoms with Gasteiger partial charge in [0.05, 0.1) is 0 Å². The fourth-order valence-corrected chi connectivity index (χ4v) is 3.50. The predicted octanol–water partition coefficient (Wildman–Crippen LogP) is 5.49. The van der Waals surface area contributed by atoms with Crippen LogP contribution in [0, 0.1) is 5.92 Å². The first-order chi connectivity index (χ1) is 10.1. The molecule has 0 aliphatic carbocycles. The van der Waals surface area contributed by atoms with Crippen LogP contribution in [0.1, 0.15) is 25.0 Å². The van der Waals surface area contributed by atoms with Crippen LogP contribution in [0.2, 0.25) is 0 Å². The Labute approximate surface area is 140 Å². The predicted molar refractivity (Wildman–Crippen MR) is 96.7 cm³/mol. The van der Waals surface area contributed by atoms with E-state index in [1.165, 1.54) is 20.5 Å². The second-order valence-corrected chi connectivity index (χ2v) is 7.45. The SMILES string of the molecule is CC(C)CNCc1ccc(SCc2ccccc2Br)cc1. The molecule has 0 unspecified atom stereocenters. The zero-order valence-corrected chi connectivity index (χ0v) is 15.0. The van der Waals surface area contributed by atoms with Crippen molar-refractivity contribution in [2.75, 3.05) is 6.54 Å². The first kappa shape index (κ1) is 16.6. The summed E-state index contributed by atoms with van der Waals surface area (Å²) in [5, 5.41) is 3.47. The van der Waals surface area contributed by atoms with Gasteiger partial charge in [0.2, 0.25) is 0 Å². The molecule has 0 aliphatic heterocycles. The first-order valence-corrected chi connectivity index (χ1v) is 9.09. The van der Waals surface area contributed by atoms with Crippen molar-refractivity contribution in [3.8, 4) is 0 Å². The van der Waals surface area contributed by atoms with Gasteiger partial charge in [-0.2, -0.15) is 0 Å². The summed E-state index contributed by atoms with van der Waals surface area (Å²) in [7, 11) is 0. The highest BCUT2D eigenvalue weighted by Crippen LogP contribution is 2.26. The monoisotopic (exact) mass is 363 g/mol. The summed E-state index contributed by atoms with van der Waals surface area (Å²) >= 11 is 5.47. The molecule has 0 saturated carbocycles. The van der Waals surface area contributed by atoms with Crippen LogP contribution in [-0.4, -0.2) is 6.54 Å². The standard InChI is InChI=1S/C18H22BrNS/c1-14(2)11-20-12-15-7-9-17(10-8-15)21-13-16-5-3-4-6-18(16)19/h3-10,14,20H,11-13H2,1-2H3. The highest BCUT2D eigenvalue weighted by molar-refractivity contribution is 9.10. The van der Waals surface area contributed by atoms with Gasteiger partial charge in [0.15, 0.2) is 0 Å². The van der Waals surface area contributed by atoms with Gasteiger partial charge in [-0.1, -0.05) is 60.1 Å². The van der Waals surface area contributed by atoms with E-state index in [1.807, 2.05) is 11.8 Å². The molecule has 2 rings (SSSR count). The van der Waals surface area contributed by atoms with E-state index in [1.54, 1.807) is 0 Å². The van der Waals surface area contributed by atoms with Crippen molar-refractivity contribution < 1.29 is 0 Å². The molecular formula is C18H22BrNS. The van der Waals surface area contributed by atoms with Crippen LogP contribution in [0.25, 0.3) is 0 Å². The molecule has 112 valence electrons. The molecule has 21 heavy (non-hydrogen) atoms. The summed E-state index contributed by atoms with van der Waals surface area (Å²) < 4.78 is 1.19. The van der Waals surface area contributed by atoms with E-state index >= 15 is 0 Å². The average molecular weight is 364 g/mol. The van der Waals surface area contributed by atoms with Gasteiger partial charge in [0, 0.05) is 21.7 Å². The lowest BCUT2D eigenvalue weighted by atomic mass is 10.2. The molecule has 0 aliphatic rings. The van der Waals surface area contributed by atoms with E-state index in [9.17, 15) is 0 Å². The molecule has 0 spiro atoms. The van der Waals surface area contributed by atoms with E-state index in [-0.39, 0.29) is 0 Å². The third-order valence-electron chi connectivity index (χ3n) is 3.16. The van der Waals surface area contributed by atoms with Crippen LogP contribution in [0.3, 0.4) is 0 Å². The number of nitrogens with one attached hydrogen (secondary N) is 1. The van der Waals surface area contributed by atoms with Crippen molar-refractivity contribution in [1.29, 1.82) is 0 Å². The molecular weight excluding hydrogens is 342 g/mol. The molecule has 3 heteroatoms. The third kappa shape index (κ3) is 5.85. The second-order valence-electron chi connectivity index (χ2n) is 5.55. The highest BCUT2D eigenvalue weighted by atomic mass is 79.9. The first-order valence-electron chi connectivity index (χ1n) is 7.31. The fraction of sp³-hybridized carbons (Fsp3) is 0.333. The zero-order chi connectivity index (χ0) is 15.1. The number of thioether (sulfide) groups is 1. The molecule has 0 saturated heterocycles. The molecule has 0 atom stereocenters. The molecule has 0 bridgehead atoms. The summed E-state index contributed by atoms with van der Waals surface area (Å²) in [5.74, 6) is 1.69. The van der Waals surface area contributed by atoms with Gasteiger partial charge in [-0.3, -0.25) is 0 Å². The Morgan fingerprint density at radius 3 is 2.43 bits per heavy atom. The number of hydrogen-bond acceptors (Lipinski definition) is 2. The Morgan fingerprint density at radius 2 is 1.76 bits per heavy atom. The van der Waals surface area contributed by atoms with Crippen LogP contribution in [0.4, 0.5) is 0 Å². The Bertz CT molecular complexity index is 551. The minimum Gasteiger partial charge on any atom is -0.312 e. The number of rotatable bonds is 7. The van der Waals surface area contributed by atoms with Gasteiger partial charge in [-0.05, 0) is 41.8 Å². The van der Waals surface area contributed by atoms with Gasteiger partial charge >= 0.3 is 0 Å². The smallest absolute Gasteiger partial charge is 0.0243 e. The Balaban J connectivity index is 1.84. The lowest BCUT2D eigenvalue weighted by molar-refractivity contribution is 0.552. The van der Waals surface area contributed by atoms with Gasteiger partial charge < -0.3 is 5.32 Å². The van der Waals surface area contributed by atoms with Gasteiger partial charge in [0.1, 0.15) is 0 Å². The van der Waals surface area contributed by atoms with Crippen molar-refractivity contribution in [3.63, 3.8) is 0 Å². The van der Waals surface area contributed by atoms with Gasteiger partial charge in [0.25, 0.3) is 0 Å². The van der Waals surface area contributed by atoms with E-state index in [4.69, 9.17) is 0 Å². The van der Waals surface area contributed by atoms with Gasteiger partial charge in [-0.15, -0.1) is 11.8 Å².